The second-order valence-corrected chi connectivity index (χ2v) is 7.18. The van der Waals surface area contributed by atoms with Crippen LogP contribution in [0, 0.1) is 0 Å². The first-order valence-corrected chi connectivity index (χ1v) is 10.0. The van der Waals surface area contributed by atoms with E-state index >= 15 is 0 Å². The van der Waals surface area contributed by atoms with Gasteiger partial charge in [-0.05, 0) is 42.0 Å². The fourth-order valence-electron chi connectivity index (χ4n) is 2.60. The van der Waals surface area contributed by atoms with Crippen LogP contribution in [-0.2, 0) is 12.3 Å². The summed E-state index contributed by atoms with van der Waals surface area (Å²) in [6.45, 7) is 4.02. The van der Waals surface area contributed by atoms with Gasteiger partial charge in [0.15, 0.2) is 5.16 Å². The van der Waals surface area contributed by atoms with E-state index in [0.717, 1.165) is 11.3 Å². The lowest BCUT2D eigenvalue weighted by molar-refractivity contribution is 0.100. The van der Waals surface area contributed by atoms with Crippen molar-refractivity contribution in [3.05, 3.63) is 82.7 Å². The molecule has 0 aliphatic heterocycles. The van der Waals surface area contributed by atoms with Crippen molar-refractivity contribution in [3.63, 3.8) is 0 Å². The van der Waals surface area contributed by atoms with E-state index in [9.17, 15) is 9.59 Å². The summed E-state index contributed by atoms with van der Waals surface area (Å²) in [6.07, 6.45) is 1.63. The van der Waals surface area contributed by atoms with E-state index in [-0.39, 0.29) is 11.4 Å². The average Bonchev–Trinajstić information content (AvgIpc) is 2.76. The summed E-state index contributed by atoms with van der Waals surface area (Å²) >= 11 is 1.41. The van der Waals surface area contributed by atoms with Crippen molar-refractivity contribution in [1.29, 1.82) is 0 Å². The van der Waals surface area contributed by atoms with Crippen LogP contribution in [-0.4, -0.2) is 27.8 Å². The molecule has 0 saturated carbocycles. The highest BCUT2D eigenvalue weighted by Gasteiger charge is 2.13. The predicted octanol–water partition coefficient (Wildman–Crippen LogP) is 2.97. The number of rotatable bonds is 9. The molecule has 1 aromatic heterocycles. The number of primary amides is 1. The van der Waals surface area contributed by atoms with E-state index in [4.69, 9.17) is 10.5 Å². The molecular weight excluding hydrogens is 402 g/mol. The molecular formula is C21H21N5O3S. The molecule has 0 spiro atoms. The Bertz CT molecular complexity index is 1100. The number of carbonyl (C=O) groups excluding carboxylic acids is 1. The number of nitrogens with zero attached hydrogens (tertiary/aromatic N) is 3. The van der Waals surface area contributed by atoms with E-state index < -0.39 is 5.91 Å². The first-order valence-electron chi connectivity index (χ1n) is 9.03. The Labute approximate surface area is 177 Å². The van der Waals surface area contributed by atoms with Gasteiger partial charge in [-0.1, -0.05) is 30.0 Å². The normalized spacial score (nSPS) is 10.4. The number of nitrogens with one attached hydrogen (secondary N) is 1. The minimum Gasteiger partial charge on any atom is -0.497 e. The van der Waals surface area contributed by atoms with Crippen LogP contribution in [0.15, 0.2) is 71.1 Å². The number of amides is 1. The zero-order valence-electron chi connectivity index (χ0n) is 16.4. The fraction of sp³-hybridized carbons (Fsp3) is 0.143. The summed E-state index contributed by atoms with van der Waals surface area (Å²) < 4.78 is 6.67. The zero-order valence-corrected chi connectivity index (χ0v) is 17.2. The third-order valence-electron chi connectivity index (χ3n) is 4.18. The molecule has 9 heteroatoms. The number of thioether (sulfide) groups is 1. The first kappa shape index (κ1) is 21.1. The molecule has 0 aliphatic rings. The van der Waals surface area contributed by atoms with Crippen LogP contribution in [0.25, 0.3) is 0 Å². The van der Waals surface area contributed by atoms with Gasteiger partial charge in [-0.3, -0.25) is 14.2 Å². The third-order valence-corrected chi connectivity index (χ3v) is 5.22. The van der Waals surface area contributed by atoms with Crippen molar-refractivity contribution < 1.29 is 9.53 Å². The predicted molar refractivity (Wildman–Crippen MR) is 117 cm³/mol. The Morgan fingerprint density at radius 2 is 1.90 bits per heavy atom. The van der Waals surface area contributed by atoms with Crippen molar-refractivity contribution in [3.8, 4) is 5.75 Å². The van der Waals surface area contributed by atoms with Gasteiger partial charge in [0.05, 0.1) is 7.11 Å². The Morgan fingerprint density at radius 3 is 2.50 bits per heavy atom. The van der Waals surface area contributed by atoms with Gasteiger partial charge in [0.25, 0.3) is 5.56 Å². The van der Waals surface area contributed by atoms with Gasteiger partial charge in [0, 0.05) is 23.5 Å². The molecule has 0 atom stereocenters. The van der Waals surface area contributed by atoms with E-state index in [2.05, 4.69) is 22.1 Å². The van der Waals surface area contributed by atoms with E-state index in [1.54, 1.807) is 37.5 Å². The lowest BCUT2D eigenvalue weighted by atomic mass is 10.2. The highest BCUT2D eigenvalue weighted by Crippen LogP contribution is 2.22. The summed E-state index contributed by atoms with van der Waals surface area (Å²) in [7, 11) is 1.62. The lowest BCUT2D eigenvalue weighted by Crippen LogP contribution is -2.26. The van der Waals surface area contributed by atoms with Crippen LogP contribution in [0.5, 0.6) is 5.75 Å². The van der Waals surface area contributed by atoms with Crippen molar-refractivity contribution in [2.24, 2.45) is 5.73 Å². The molecule has 0 radical (unpaired) electrons. The number of aromatic nitrogens is 3. The van der Waals surface area contributed by atoms with Gasteiger partial charge >= 0.3 is 0 Å². The molecule has 2 aromatic carbocycles. The van der Waals surface area contributed by atoms with Crippen molar-refractivity contribution in [1.82, 2.24) is 14.8 Å². The molecule has 1 amide bonds. The number of nitrogens with two attached hydrogens (primary N) is 1. The molecule has 30 heavy (non-hydrogen) atoms. The van der Waals surface area contributed by atoms with E-state index in [1.165, 1.54) is 16.3 Å². The smallest absolute Gasteiger partial charge is 0.297 e. The van der Waals surface area contributed by atoms with Gasteiger partial charge in [-0.25, -0.2) is 0 Å². The molecule has 0 unspecified atom stereocenters. The molecule has 3 aromatic rings. The van der Waals surface area contributed by atoms with E-state index in [0.29, 0.717) is 28.7 Å². The van der Waals surface area contributed by atoms with Crippen molar-refractivity contribution in [2.75, 3.05) is 12.4 Å². The SMILES string of the molecule is C=CCn1c(SCc2ccc(OC)cc2)nnc(Nc2ccc(C(N)=O)cc2)c1=O. The summed E-state index contributed by atoms with van der Waals surface area (Å²) in [4.78, 5) is 24.1. The Balaban J connectivity index is 1.79. The van der Waals surface area contributed by atoms with Gasteiger partial charge in [-0.2, -0.15) is 0 Å². The summed E-state index contributed by atoms with van der Waals surface area (Å²) in [5.41, 5.74) is 6.96. The number of hydrogen-bond donors (Lipinski definition) is 2. The Kier molecular flexibility index (Phi) is 6.87. The number of anilines is 2. The molecule has 0 aliphatic carbocycles. The number of carbonyl (C=O) groups is 1. The minimum absolute atomic E-state index is 0.0810. The van der Waals surface area contributed by atoms with Crippen LogP contribution < -0.4 is 21.3 Å². The largest absolute Gasteiger partial charge is 0.497 e. The molecule has 154 valence electrons. The number of ether oxygens (including phenoxy) is 1. The molecule has 3 N–H and O–H groups in total. The molecule has 1 heterocycles. The lowest BCUT2D eigenvalue weighted by Gasteiger charge is -2.12. The van der Waals surface area contributed by atoms with Gasteiger partial charge in [-0.15, -0.1) is 16.8 Å². The second kappa shape index (κ2) is 9.75. The van der Waals surface area contributed by atoms with Crippen LogP contribution in [0.4, 0.5) is 11.5 Å². The Morgan fingerprint density at radius 1 is 1.20 bits per heavy atom. The number of methoxy groups -OCH3 is 1. The fourth-order valence-corrected chi connectivity index (χ4v) is 3.50. The maximum Gasteiger partial charge on any atom is 0.297 e. The van der Waals surface area contributed by atoms with Crippen LogP contribution in [0.1, 0.15) is 15.9 Å². The van der Waals surface area contributed by atoms with Crippen LogP contribution >= 0.6 is 11.8 Å². The number of allylic oxidation sites excluding steroid dienone is 1. The second-order valence-electron chi connectivity index (χ2n) is 6.24. The average molecular weight is 423 g/mol. The van der Waals surface area contributed by atoms with Gasteiger partial charge < -0.3 is 15.8 Å². The van der Waals surface area contributed by atoms with Crippen molar-refractivity contribution >= 4 is 29.2 Å². The van der Waals surface area contributed by atoms with Crippen molar-refractivity contribution in [2.45, 2.75) is 17.5 Å². The monoisotopic (exact) mass is 423 g/mol. The summed E-state index contributed by atoms with van der Waals surface area (Å²) in [5.74, 6) is 0.966. The maximum absolute atomic E-state index is 12.9. The molecule has 8 nitrogen and oxygen atoms in total. The minimum atomic E-state index is -0.520. The number of hydrogen-bond acceptors (Lipinski definition) is 7. The van der Waals surface area contributed by atoms with Gasteiger partial charge in [0.1, 0.15) is 5.75 Å². The first-order chi connectivity index (χ1) is 14.5. The van der Waals surface area contributed by atoms with E-state index in [1.807, 2.05) is 24.3 Å². The van der Waals surface area contributed by atoms with Crippen LogP contribution in [0.2, 0.25) is 0 Å². The highest BCUT2D eigenvalue weighted by atomic mass is 32.2. The van der Waals surface area contributed by atoms with Crippen LogP contribution in [0.3, 0.4) is 0 Å². The zero-order chi connectivity index (χ0) is 21.5. The highest BCUT2D eigenvalue weighted by molar-refractivity contribution is 7.98. The molecule has 0 saturated heterocycles. The molecule has 0 bridgehead atoms. The maximum atomic E-state index is 12.9. The molecule has 3 rings (SSSR count). The summed E-state index contributed by atoms with van der Waals surface area (Å²) in [5, 5.41) is 11.7. The standard InChI is InChI=1S/C21H21N5O3S/c1-3-12-26-20(28)19(23-16-8-6-15(7-9-16)18(22)27)24-25-21(26)30-13-14-4-10-17(29-2)11-5-14/h3-11H,1,12-13H2,2H3,(H2,22,27)(H,23,24). The third kappa shape index (κ3) is 5.06. The van der Waals surface area contributed by atoms with Gasteiger partial charge in [0.2, 0.25) is 11.7 Å². The Hall–Kier alpha value is -3.59. The summed E-state index contributed by atoms with van der Waals surface area (Å²) in [6, 6.07) is 14.1. The molecule has 0 fully saturated rings. The topological polar surface area (TPSA) is 112 Å². The quantitative estimate of drug-likeness (QED) is 0.402. The number of benzene rings is 2.